The Morgan fingerprint density at radius 2 is 2.11 bits per heavy atom. The smallest absolute Gasteiger partial charge is 0.150 e. The molecule has 0 saturated carbocycles. The van der Waals surface area contributed by atoms with Crippen molar-refractivity contribution in [1.82, 2.24) is 10.3 Å². The molecule has 0 saturated heterocycles. The van der Waals surface area contributed by atoms with Crippen LogP contribution in [0.1, 0.15) is 12.5 Å². The molecule has 19 heavy (non-hydrogen) atoms. The van der Waals surface area contributed by atoms with Gasteiger partial charge in [0.05, 0.1) is 16.2 Å². The molecule has 100 valence electrons. The Hall–Kier alpha value is -1.29. The maximum atomic E-state index is 6.19. The number of hydrogen-bond acceptors (Lipinski definition) is 3. The molecule has 0 spiro atoms. The quantitative estimate of drug-likeness (QED) is 0.894. The van der Waals surface area contributed by atoms with Gasteiger partial charge in [0.15, 0.2) is 5.75 Å². The molecule has 5 heteroatoms. The largest absolute Gasteiger partial charge is 0.454 e. The zero-order chi connectivity index (χ0) is 13.7. The van der Waals surface area contributed by atoms with Gasteiger partial charge in [0.1, 0.15) is 5.75 Å². The summed E-state index contributed by atoms with van der Waals surface area (Å²) in [5.41, 5.74) is 0.995. The lowest BCUT2D eigenvalue weighted by Crippen LogP contribution is -2.12. The minimum Gasteiger partial charge on any atom is -0.454 e. The van der Waals surface area contributed by atoms with E-state index in [1.54, 1.807) is 24.5 Å². The number of ether oxygens (including phenoxy) is 1. The number of rotatable bonds is 5. The van der Waals surface area contributed by atoms with E-state index in [9.17, 15) is 0 Å². The van der Waals surface area contributed by atoms with E-state index in [0.29, 0.717) is 28.1 Å². The standard InChI is InChI=1S/C14H14Cl2N2O/c1-2-17-7-10-4-3-5-13(16)14(10)19-12-6-11(15)8-18-9-12/h3-6,8-9,17H,2,7H2,1H3. The molecule has 2 rings (SSSR count). The predicted molar refractivity (Wildman–Crippen MR) is 78.2 cm³/mol. The van der Waals surface area contributed by atoms with Crippen LogP contribution in [0, 0.1) is 0 Å². The lowest BCUT2D eigenvalue weighted by atomic mass is 10.2. The third-order valence-electron chi connectivity index (χ3n) is 2.51. The molecule has 0 atom stereocenters. The van der Waals surface area contributed by atoms with Gasteiger partial charge in [0.2, 0.25) is 0 Å². The van der Waals surface area contributed by atoms with Crippen LogP contribution in [-0.4, -0.2) is 11.5 Å². The summed E-state index contributed by atoms with van der Waals surface area (Å²) in [6, 6.07) is 7.37. The van der Waals surface area contributed by atoms with Crippen molar-refractivity contribution < 1.29 is 4.74 Å². The van der Waals surface area contributed by atoms with Crippen molar-refractivity contribution in [3.8, 4) is 11.5 Å². The lowest BCUT2D eigenvalue weighted by Gasteiger charge is -2.13. The maximum Gasteiger partial charge on any atom is 0.150 e. The van der Waals surface area contributed by atoms with Gasteiger partial charge in [-0.25, -0.2) is 0 Å². The second-order valence-electron chi connectivity index (χ2n) is 3.95. The lowest BCUT2D eigenvalue weighted by molar-refractivity contribution is 0.471. The van der Waals surface area contributed by atoms with Gasteiger partial charge in [-0.3, -0.25) is 4.98 Å². The van der Waals surface area contributed by atoms with E-state index >= 15 is 0 Å². The Balaban J connectivity index is 2.27. The van der Waals surface area contributed by atoms with Gasteiger partial charge < -0.3 is 10.1 Å². The molecule has 0 radical (unpaired) electrons. The number of aromatic nitrogens is 1. The minimum atomic E-state index is 0.526. The molecule has 1 aromatic carbocycles. The van der Waals surface area contributed by atoms with Crippen molar-refractivity contribution >= 4 is 23.2 Å². The summed E-state index contributed by atoms with van der Waals surface area (Å²) >= 11 is 12.1. The Labute approximate surface area is 122 Å². The van der Waals surface area contributed by atoms with Gasteiger partial charge in [-0.1, -0.05) is 42.3 Å². The highest BCUT2D eigenvalue weighted by atomic mass is 35.5. The van der Waals surface area contributed by atoms with E-state index in [-0.39, 0.29) is 0 Å². The van der Waals surface area contributed by atoms with Crippen molar-refractivity contribution in [2.75, 3.05) is 6.54 Å². The number of para-hydroxylation sites is 1. The first-order valence-corrected chi connectivity index (χ1v) is 6.73. The summed E-state index contributed by atoms with van der Waals surface area (Å²) in [6.07, 6.45) is 3.16. The highest BCUT2D eigenvalue weighted by Crippen LogP contribution is 2.33. The van der Waals surface area contributed by atoms with Crippen molar-refractivity contribution in [3.63, 3.8) is 0 Å². The molecular formula is C14H14Cl2N2O. The predicted octanol–water partition coefficient (Wildman–Crippen LogP) is 4.29. The van der Waals surface area contributed by atoms with Crippen LogP contribution in [0.25, 0.3) is 0 Å². The molecule has 0 aliphatic heterocycles. The summed E-state index contributed by atoms with van der Waals surface area (Å²) < 4.78 is 5.80. The monoisotopic (exact) mass is 296 g/mol. The average Bonchev–Trinajstić information content (AvgIpc) is 2.39. The fourth-order valence-corrected chi connectivity index (χ4v) is 2.03. The molecule has 0 bridgehead atoms. The molecule has 0 fully saturated rings. The number of halogens is 2. The van der Waals surface area contributed by atoms with Crippen LogP contribution >= 0.6 is 23.2 Å². The van der Waals surface area contributed by atoms with Crippen LogP contribution in [-0.2, 0) is 6.54 Å². The van der Waals surface area contributed by atoms with Crippen LogP contribution in [0.15, 0.2) is 36.7 Å². The van der Waals surface area contributed by atoms with Gasteiger partial charge in [-0.15, -0.1) is 0 Å². The van der Waals surface area contributed by atoms with Crippen molar-refractivity contribution in [2.24, 2.45) is 0 Å². The Morgan fingerprint density at radius 1 is 1.26 bits per heavy atom. The second-order valence-corrected chi connectivity index (χ2v) is 4.79. The number of hydrogen-bond donors (Lipinski definition) is 1. The van der Waals surface area contributed by atoms with E-state index in [0.717, 1.165) is 12.1 Å². The Bertz CT molecular complexity index is 561. The van der Waals surface area contributed by atoms with Crippen molar-refractivity contribution in [1.29, 1.82) is 0 Å². The highest BCUT2D eigenvalue weighted by Gasteiger charge is 2.09. The molecule has 0 aliphatic rings. The summed E-state index contributed by atoms with van der Waals surface area (Å²) in [6.45, 7) is 3.62. The van der Waals surface area contributed by atoms with E-state index in [4.69, 9.17) is 27.9 Å². The second kappa shape index (κ2) is 6.75. The normalized spacial score (nSPS) is 10.5. The SMILES string of the molecule is CCNCc1cccc(Cl)c1Oc1cncc(Cl)c1. The van der Waals surface area contributed by atoms with Crippen molar-refractivity contribution in [3.05, 3.63) is 52.3 Å². The number of pyridine rings is 1. The van der Waals surface area contributed by atoms with Gasteiger partial charge in [-0.05, 0) is 12.6 Å². The molecule has 1 heterocycles. The Morgan fingerprint density at radius 3 is 2.84 bits per heavy atom. The highest BCUT2D eigenvalue weighted by molar-refractivity contribution is 6.32. The molecular weight excluding hydrogens is 283 g/mol. The zero-order valence-electron chi connectivity index (χ0n) is 10.5. The first-order chi connectivity index (χ1) is 9.20. The summed E-state index contributed by atoms with van der Waals surface area (Å²) in [5, 5.41) is 4.34. The summed E-state index contributed by atoms with van der Waals surface area (Å²) in [7, 11) is 0. The first kappa shape index (κ1) is 14.1. The topological polar surface area (TPSA) is 34.1 Å². The van der Waals surface area contributed by atoms with Crippen LogP contribution in [0.3, 0.4) is 0 Å². The van der Waals surface area contributed by atoms with Crippen LogP contribution in [0.5, 0.6) is 11.5 Å². The van der Waals surface area contributed by atoms with Gasteiger partial charge in [-0.2, -0.15) is 0 Å². The zero-order valence-corrected chi connectivity index (χ0v) is 12.0. The summed E-state index contributed by atoms with van der Waals surface area (Å²) in [5.74, 6) is 1.20. The molecule has 0 unspecified atom stereocenters. The summed E-state index contributed by atoms with van der Waals surface area (Å²) in [4.78, 5) is 3.99. The molecule has 2 aromatic rings. The fraction of sp³-hybridized carbons (Fsp3) is 0.214. The Kier molecular flexibility index (Phi) is 5.02. The van der Waals surface area contributed by atoms with E-state index < -0.39 is 0 Å². The van der Waals surface area contributed by atoms with Gasteiger partial charge in [0.25, 0.3) is 0 Å². The fourth-order valence-electron chi connectivity index (χ4n) is 1.63. The molecule has 3 nitrogen and oxygen atoms in total. The van der Waals surface area contributed by atoms with Crippen LogP contribution in [0.2, 0.25) is 10.0 Å². The van der Waals surface area contributed by atoms with E-state index in [1.165, 1.54) is 0 Å². The van der Waals surface area contributed by atoms with E-state index in [2.05, 4.69) is 10.3 Å². The third-order valence-corrected chi connectivity index (χ3v) is 3.02. The molecule has 0 amide bonds. The maximum absolute atomic E-state index is 6.19. The molecule has 0 aliphatic carbocycles. The number of nitrogens with zero attached hydrogens (tertiary/aromatic N) is 1. The van der Waals surface area contributed by atoms with Gasteiger partial charge >= 0.3 is 0 Å². The van der Waals surface area contributed by atoms with Crippen LogP contribution < -0.4 is 10.1 Å². The van der Waals surface area contributed by atoms with Crippen LogP contribution in [0.4, 0.5) is 0 Å². The average molecular weight is 297 g/mol. The molecule has 1 aromatic heterocycles. The van der Waals surface area contributed by atoms with E-state index in [1.807, 2.05) is 19.1 Å². The van der Waals surface area contributed by atoms with Crippen molar-refractivity contribution in [2.45, 2.75) is 13.5 Å². The molecule has 1 N–H and O–H groups in total. The van der Waals surface area contributed by atoms with Gasteiger partial charge in [0, 0.05) is 24.4 Å². The number of benzene rings is 1. The minimum absolute atomic E-state index is 0.526. The number of nitrogens with one attached hydrogen (secondary N) is 1. The third kappa shape index (κ3) is 3.83. The first-order valence-electron chi connectivity index (χ1n) is 5.97.